The molecular weight excluding hydrogens is 364 g/mol. The van der Waals surface area contributed by atoms with Gasteiger partial charge in [-0.3, -0.25) is 19.9 Å². The number of ether oxygens (including phenoxy) is 2. The minimum atomic E-state index is -0.992. The first kappa shape index (κ1) is 21.5. The van der Waals surface area contributed by atoms with Gasteiger partial charge in [0.05, 0.1) is 20.8 Å². The molecule has 2 rings (SSSR count). The van der Waals surface area contributed by atoms with E-state index in [9.17, 15) is 14.4 Å². The van der Waals surface area contributed by atoms with Crippen molar-refractivity contribution in [3.05, 3.63) is 23.8 Å². The monoisotopic (exact) mass is 392 g/mol. The number of carbonyl (C=O) groups is 3. The standard InChI is InChI=1S/C19H28N4O5/c1-6-19(3)17(25)23(18(26)20-19)21-16(24)12-22(7-2)11-13-8-9-14(27-4)15(10-13)28-5/h8-10H,6-7,11-12H2,1-5H3,(H,20,26)(H,21,24). The Labute approximate surface area is 164 Å². The van der Waals surface area contributed by atoms with Crippen LogP contribution in [0.1, 0.15) is 32.8 Å². The van der Waals surface area contributed by atoms with Gasteiger partial charge in [0.15, 0.2) is 11.5 Å². The van der Waals surface area contributed by atoms with Crippen molar-refractivity contribution in [3.8, 4) is 11.5 Å². The third kappa shape index (κ3) is 4.53. The molecule has 154 valence electrons. The van der Waals surface area contributed by atoms with E-state index in [2.05, 4.69) is 10.7 Å². The Hall–Kier alpha value is -2.81. The van der Waals surface area contributed by atoms with Crippen molar-refractivity contribution in [3.63, 3.8) is 0 Å². The fourth-order valence-electron chi connectivity index (χ4n) is 2.91. The maximum atomic E-state index is 12.4. The SMILES string of the molecule is CCN(CC(=O)NN1C(=O)NC(C)(CC)C1=O)Cc1ccc(OC)c(OC)c1. The summed E-state index contributed by atoms with van der Waals surface area (Å²) in [5.41, 5.74) is 2.36. The molecule has 1 aromatic rings. The molecule has 1 aromatic carbocycles. The highest BCUT2D eigenvalue weighted by atomic mass is 16.5. The van der Waals surface area contributed by atoms with E-state index < -0.39 is 23.4 Å². The van der Waals surface area contributed by atoms with E-state index in [1.54, 1.807) is 34.1 Å². The Bertz CT molecular complexity index is 754. The lowest BCUT2D eigenvalue weighted by molar-refractivity contribution is -0.139. The lowest BCUT2D eigenvalue weighted by Gasteiger charge is -2.23. The molecule has 1 unspecified atom stereocenters. The summed E-state index contributed by atoms with van der Waals surface area (Å²) < 4.78 is 10.5. The number of amides is 4. The zero-order valence-corrected chi connectivity index (χ0v) is 17.0. The second kappa shape index (κ2) is 8.92. The van der Waals surface area contributed by atoms with Crippen molar-refractivity contribution < 1.29 is 23.9 Å². The predicted octanol–water partition coefficient (Wildman–Crippen LogP) is 1.28. The van der Waals surface area contributed by atoms with E-state index in [1.165, 1.54) is 0 Å². The number of urea groups is 1. The molecule has 0 spiro atoms. The third-order valence-electron chi connectivity index (χ3n) is 4.87. The van der Waals surface area contributed by atoms with Crippen LogP contribution < -0.4 is 20.2 Å². The lowest BCUT2D eigenvalue weighted by atomic mass is 10.00. The van der Waals surface area contributed by atoms with Crippen LogP contribution in [0.3, 0.4) is 0 Å². The summed E-state index contributed by atoms with van der Waals surface area (Å²) in [6.07, 6.45) is 0.435. The van der Waals surface area contributed by atoms with Gasteiger partial charge < -0.3 is 14.8 Å². The van der Waals surface area contributed by atoms with Crippen LogP contribution in [0.4, 0.5) is 4.79 Å². The highest BCUT2D eigenvalue weighted by molar-refractivity contribution is 6.07. The molecule has 0 aliphatic carbocycles. The van der Waals surface area contributed by atoms with Crippen molar-refractivity contribution in [1.29, 1.82) is 0 Å². The molecule has 1 fully saturated rings. The summed E-state index contributed by atoms with van der Waals surface area (Å²) >= 11 is 0. The smallest absolute Gasteiger partial charge is 0.344 e. The summed E-state index contributed by atoms with van der Waals surface area (Å²) in [4.78, 5) is 38.7. The number of hydrazine groups is 1. The highest BCUT2D eigenvalue weighted by Gasteiger charge is 2.47. The maximum absolute atomic E-state index is 12.4. The first-order valence-electron chi connectivity index (χ1n) is 9.17. The van der Waals surface area contributed by atoms with Crippen LogP contribution in [0, 0.1) is 0 Å². The van der Waals surface area contributed by atoms with Gasteiger partial charge in [0.2, 0.25) is 0 Å². The molecule has 1 aliphatic heterocycles. The van der Waals surface area contributed by atoms with Gasteiger partial charge in [0.25, 0.3) is 11.8 Å². The van der Waals surface area contributed by atoms with E-state index in [-0.39, 0.29) is 6.54 Å². The number of hydrogen-bond acceptors (Lipinski definition) is 6. The minimum absolute atomic E-state index is 0.0325. The number of benzene rings is 1. The van der Waals surface area contributed by atoms with Crippen molar-refractivity contribution in [2.45, 2.75) is 39.3 Å². The van der Waals surface area contributed by atoms with Gasteiger partial charge in [-0.25, -0.2) is 4.79 Å². The maximum Gasteiger partial charge on any atom is 0.344 e. The average Bonchev–Trinajstić information content (AvgIpc) is 2.90. The van der Waals surface area contributed by atoms with Gasteiger partial charge in [-0.1, -0.05) is 19.9 Å². The number of nitrogens with one attached hydrogen (secondary N) is 2. The van der Waals surface area contributed by atoms with Crippen molar-refractivity contribution in [2.24, 2.45) is 0 Å². The number of hydrogen-bond donors (Lipinski definition) is 2. The topological polar surface area (TPSA) is 100 Å². The Morgan fingerprint density at radius 3 is 2.43 bits per heavy atom. The number of imide groups is 1. The van der Waals surface area contributed by atoms with Crippen molar-refractivity contribution in [1.82, 2.24) is 20.7 Å². The third-order valence-corrected chi connectivity index (χ3v) is 4.87. The van der Waals surface area contributed by atoms with E-state index in [0.717, 1.165) is 10.6 Å². The molecule has 0 radical (unpaired) electrons. The number of carbonyl (C=O) groups excluding carboxylic acids is 3. The first-order valence-corrected chi connectivity index (χ1v) is 9.17. The fourth-order valence-corrected chi connectivity index (χ4v) is 2.91. The zero-order chi connectivity index (χ0) is 20.9. The number of nitrogens with zero attached hydrogens (tertiary/aromatic N) is 2. The summed E-state index contributed by atoms with van der Waals surface area (Å²) in [7, 11) is 3.13. The molecular formula is C19H28N4O5. The van der Waals surface area contributed by atoms with Crippen LogP contribution in [-0.2, 0) is 16.1 Å². The Kier molecular flexibility index (Phi) is 6.85. The molecule has 1 saturated heterocycles. The van der Waals surface area contributed by atoms with E-state index in [4.69, 9.17) is 9.47 Å². The molecule has 0 aromatic heterocycles. The average molecular weight is 392 g/mol. The summed E-state index contributed by atoms with van der Waals surface area (Å²) in [6, 6.07) is 4.93. The number of likely N-dealkylation sites (N-methyl/N-ethyl adjacent to an activating group) is 1. The molecule has 1 heterocycles. The molecule has 4 amide bonds. The van der Waals surface area contributed by atoms with Crippen LogP contribution in [0.15, 0.2) is 18.2 Å². The Balaban J connectivity index is 2.00. The molecule has 28 heavy (non-hydrogen) atoms. The molecule has 0 bridgehead atoms. The van der Waals surface area contributed by atoms with Crippen LogP contribution in [0.2, 0.25) is 0 Å². The van der Waals surface area contributed by atoms with Crippen molar-refractivity contribution >= 4 is 17.8 Å². The van der Waals surface area contributed by atoms with E-state index in [1.807, 2.05) is 24.0 Å². The Morgan fingerprint density at radius 2 is 1.89 bits per heavy atom. The molecule has 9 nitrogen and oxygen atoms in total. The van der Waals surface area contributed by atoms with Crippen LogP contribution in [-0.4, -0.2) is 60.6 Å². The summed E-state index contributed by atoms with van der Waals surface area (Å²) in [5, 5.41) is 3.36. The minimum Gasteiger partial charge on any atom is -0.493 e. The second-order valence-corrected chi connectivity index (χ2v) is 6.78. The lowest BCUT2D eigenvalue weighted by Crippen LogP contribution is -2.51. The first-order chi connectivity index (χ1) is 13.3. The Morgan fingerprint density at radius 1 is 1.21 bits per heavy atom. The van der Waals surface area contributed by atoms with E-state index in [0.29, 0.717) is 31.0 Å². The van der Waals surface area contributed by atoms with Crippen molar-refractivity contribution in [2.75, 3.05) is 27.3 Å². The quantitative estimate of drug-likeness (QED) is 0.614. The zero-order valence-electron chi connectivity index (χ0n) is 17.0. The van der Waals surface area contributed by atoms with Gasteiger partial charge in [-0.05, 0) is 37.6 Å². The van der Waals surface area contributed by atoms with Crippen LogP contribution in [0.25, 0.3) is 0 Å². The largest absolute Gasteiger partial charge is 0.493 e. The predicted molar refractivity (Wildman–Crippen MR) is 103 cm³/mol. The molecule has 1 atom stereocenters. The molecule has 1 aliphatic rings. The molecule has 0 saturated carbocycles. The van der Waals surface area contributed by atoms with Gasteiger partial charge in [-0.2, -0.15) is 5.01 Å². The second-order valence-electron chi connectivity index (χ2n) is 6.78. The van der Waals surface area contributed by atoms with Crippen LogP contribution in [0.5, 0.6) is 11.5 Å². The van der Waals surface area contributed by atoms with Crippen LogP contribution >= 0.6 is 0 Å². The fraction of sp³-hybridized carbons (Fsp3) is 0.526. The van der Waals surface area contributed by atoms with Gasteiger partial charge >= 0.3 is 6.03 Å². The number of methoxy groups -OCH3 is 2. The van der Waals surface area contributed by atoms with Gasteiger partial charge in [-0.15, -0.1) is 0 Å². The number of rotatable bonds is 9. The molecule has 9 heteroatoms. The highest BCUT2D eigenvalue weighted by Crippen LogP contribution is 2.28. The van der Waals surface area contributed by atoms with Gasteiger partial charge in [0.1, 0.15) is 5.54 Å². The summed E-state index contributed by atoms with van der Waals surface area (Å²) in [6.45, 7) is 6.49. The normalized spacial score (nSPS) is 19.0. The summed E-state index contributed by atoms with van der Waals surface area (Å²) in [5.74, 6) is 0.339. The van der Waals surface area contributed by atoms with E-state index >= 15 is 0 Å². The van der Waals surface area contributed by atoms with Gasteiger partial charge in [0, 0.05) is 6.54 Å². The molecule has 2 N–H and O–H groups in total.